The number of fused-ring (bicyclic) bond motifs is 6. The van der Waals surface area contributed by atoms with Gasteiger partial charge < -0.3 is 0 Å². The molecule has 0 unspecified atom stereocenters. The summed E-state index contributed by atoms with van der Waals surface area (Å²) < 4.78 is 3.54. The van der Waals surface area contributed by atoms with E-state index in [9.17, 15) is 0 Å². The van der Waals surface area contributed by atoms with Crippen LogP contribution in [-0.4, -0.2) is 14.5 Å². The second-order valence-electron chi connectivity index (χ2n) is 9.52. The standard InChI is InChI=1S/C33H21N3S/c1-20-9-6-16-27-25(20)19-26-23-13-8-14-24(31(23)37-33(26)35-27)32-34-28-15-4-5-17-30(28)36(32)29-18-7-11-21-10-2-3-12-22(21)29/h2-19H,1H3. The van der Waals surface area contributed by atoms with Crippen LogP contribution in [0.15, 0.2) is 109 Å². The molecule has 0 saturated carbocycles. The van der Waals surface area contributed by atoms with E-state index in [2.05, 4.69) is 121 Å². The Labute approximate surface area is 217 Å². The molecule has 0 fully saturated rings. The Morgan fingerprint density at radius 3 is 2.35 bits per heavy atom. The van der Waals surface area contributed by atoms with Gasteiger partial charge in [0.25, 0.3) is 0 Å². The third-order valence-corrected chi connectivity index (χ3v) is 8.50. The number of hydrogen-bond acceptors (Lipinski definition) is 3. The molecule has 0 bridgehead atoms. The van der Waals surface area contributed by atoms with Crippen molar-refractivity contribution in [3.63, 3.8) is 0 Å². The highest BCUT2D eigenvalue weighted by Gasteiger charge is 2.20. The minimum atomic E-state index is 0.954. The van der Waals surface area contributed by atoms with Gasteiger partial charge in [-0.05, 0) is 54.3 Å². The van der Waals surface area contributed by atoms with Crippen molar-refractivity contribution in [1.82, 2.24) is 14.5 Å². The third kappa shape index (κ3) is 3.00. The molecule has 0 atom stereocenters. The van der Waals surface area contributed by atoms with E-state index in [1.807, 2.05) is 0 Å². The molecule has 0 amide bonds. The van der Waals surface area contributed by atoms with Crippen molar-refractivity contribution in [2.75, 3.05) is 0 Å². The first kappa shape index (κ1) is 20.6. The second-order valence-corrected chi connectivity index (χ2v) is 10.5. The van der Waals surface area contributed by atoms with E-state index in [-0.39, 0.29) is 0 Å². The van der Waals surface area contributed by atoms with Gasteiger partial charge in [0.15, 0.2) is 0 Å². The van der Waals surface area contributed by atoms with Crippen LogP contribution in [0.3, 0.4) is 0 Å². The third-order valence-electron chi connectivity index (χ3n) is 7.36. The molecule has 0 aliphatic carbocycles. The predicted molar refractivity (Wildman–Crippen MR) is 157 cm³/mol. The maximum atomic E-state index is 5.20. The number of aryl methyl sites for hydroxylation is 1. The average molecular weight is 492 g/mol. The molecular weight excluding hydrogens is 470 g/mol. The fourth-order valence-electron chi connectivity index (χ4n) is 5.58. The Kier molecular flexibility index (Phi) is 4.31. The lowest BCUT2D eigenvalue weighted by atomic mass is 10.1. The van der Waals surface area contributed by atoms with Gasteiger partial charge in [0, 0.05) is 31.8 Å². The summed E-state index contributed by atoms with van der Waals surface area (Å²) in [5.74, 6) is 0.954. The average Bonchev–Trinajstić information content (AvgIpc) is 3.50. The zero-order chi connectivity index (χ0) is 24.5. The summed E-state index contributed by atoms with van der Waals surface area (Å²) in [5, 5.41) is 6.07. The molecule has 0 saturated heterocycles. The van der Waals surface area contributed by atoms with Crippen molar-refractivity contribution in [2.24, 2.45) is 0 Å². The van der Waals surface area contributed by atoms with Crippen LogP contribution < -0.4 is 0 Å². The van der Waals surface area contributed by atoms with Crippen molar-refractivity contribution >= 4 is 64.3 Å². The highest BCUT2D eigenvalue weighted by atomic mass is 32.1. The number of hydrogen-bond donors (Lipinski definition) is 0. The van der Waals surface area contributed by atoms with Crippen LogP contribution in [0.5, 0.6) is 0 Å². The van der Waals surface area contributed by atoms with E-state index in [0.29, 0.717) is 0 Å². The Balaban J connectivity index is 1.49. The lowest BCUT2D eigenvalue weighted by Crippen LogP contribution is -1.98. The Bertz CT molecular complexity index is 2160. The molecule has 8 aromatic rings. The number of rotatable bonds is 2. The summed E-state index contributed by atoms with van der Waals surface area (Å²) in [7, 11) is 0. The first-order valence-electron chi connectivity index (χ1n) is 12.4. The first-order valence-corrected chi connectivity index (χ1v) is 13.3. The normalized spacial score (nSPS) is 11.9. The molecule has 3 heterocycles. The van der Waals surface area contributed by atoms with E-state index in [4.69, 9.17) is 9.97 Å². The van der Waals surface area contributed by atoms with Crippen LogP contribution in [0.1, 0.15) is 5.56 Å². The molecular formula is C33H21N3S. The fraction of sp³-hybridized carbons (Fsp3) is 0.0303. The molecule has 3 nitrogen and oxygen atoms in total. The van der Waals surface area contributed by atoms with E-state index in [1.165, 1.54) is 37.2 Å². The van der Waals surface area contributed by atoms with Gasteiger partial charge in [0.2, 0.25) is 0 Å². The molecule has 3 aromatic heterocycles. The molecule has 0 aliphatic heterocycles. The first-order chi connectivity index (χ1) is 18.3. The lowest BCUT2D eigenvalue weighted by molar-refractivity contribution is 1.12. The molecule has 4 heteroatoms. The quantitative estimate of drug-likeness (QED) is 0.241. The number of nitrogens with zero attached hydrogens (tertiary/aromatic N) is 3. The summed E-state index contributed by atoms with van der Waals surface area (Å²) in [4.78, 5) is 11.3. The fourth-order valence-corrected chi connectivity index (χ4v) is 6.76. The van der Waals surface area contributed by atoms with Gasteiger partial charge in [-0.2, -0.15) is 0 Å². The van der Waals surface area contributed by atoms with E-state index in [1.54, 1.807) is 11.3 Å². The maximum Gasteiger partial charge on any atom is 0.147 e. The summed E-state index contributed by atoms with van der Waals surface area (Å²) in [6, 6.07) is 38.7. The largest absolute Gasteiger partial charge is 0.292 e. The number of benzene rings is 5. The summed E-state index contributed by atoms with van der Waals surface area (Å²) in [6.07, 6.45) is 0. The monoisotopic (exact) mass is 491 g/mol. The number of imidazole rings is 1. The molecule has 174 valence electrons. The highest BCUT2D eigenvalue weighted by molar-refractivity contribution is 7.26. The highest BCUT2D eigenvalue weighted by Crippen LogP contribution is 2.42. The smallest absolute Gasteiger partial charge is 0.147 e. The van der Waals surface area contributed by atoms with Crippen molar-refractivity contribution in [1.29, 1.82) is 0 Å². The summed E-state index contributed by atoms with van der Waals surface area (Å²) >= 11 is 1.76. The summed E-state index contributed by atoms with van der Waals surface area (Å²) in [6.45, 7) is 2.16. The zero-order valence-electron chi connectivity index (χ0n) is 20.1. The van der Waals surface area contributed by atoms with Crippen LogP contribution >= 0.6 is 11.3 Å². The van der Waals surface area contributed by atoms with Crippen molar-refractivity contribution in [3.05, 3.63) is 115 Å². The predicted octanol–water partition coefficient (Wildman–Crippen LogP) is 9.07. The minimum absolute atomic E-state index is 0.954. The topological polar surface area (TPSA) is 30.7 Å². The van der Waals surface area contributed by atoms with Crippen LogP contribution in [-0.2, 0) is 0 Å². The van der Waals surface area contributed by atoms with E-state index in [0.717, 1.165) is 38.5 Å². The molecule has 8 rings (SSSR count). The van der Waals surface area contributed by atoms with Gasteiger partial charge >= 0.3 is 0 Å². The molecule has 0 aliphatic rings. The SMILES string of the molecule is Cc1cccc2nc3sc4c(-c5nc6ccccc6n5-c5cccc6ccccc56)cccc4c3cc12. The molecule has 37 heavy (non-hydrogen) atoms. The van der Waals surface area contributed by atoms with Gasteiger partial charge in [-0.15, -0.1) is 11.3 Å². The van der Waals surface area contributed by atoms with E-state index < -0.39 is 0 Å². The Morgan fingerprint density at radius 2 is 1.38 bits per heavy atom. The van der Waals surface area contributed by atoms with Crippen LogP contribution in [0.25, 0.3) is 70.1 Å². The Hall–Kier alpha value is -4.54. The zero-order valence-corrected chi connectivity index (χ0v) is 21.0. The number of thiophene rings is 1. The van der Waals surface area contributed by atoms with Crippen molar-refractivity contribution < 1.29 is 0 Å². The van der Waals surface area contributed by atoms with Crippen LogP contribution in [0.4, 0.5) is 0 Å². The van der Waals surface area contributed by atoms with Crippen molar-refractivity contribution in [3.8, 4) is 17.1 Å². The number of aromatic nitrogens is 3. The van der Waals surface area contributed by atoms with Gasteiger partial charge in [-0.25, -0.2) is 9.97 Å². The van der Waals surface area contributed by atoms with Gasteiger partial charge in [0.1, 0.15) is 10.7 Å². The molecule has 5 aromatic carbocycles. The number of para-hydroxylation sites is 2. The van der Waals surface area contributed by atoms with Crippen molar-refractivity contribution in [2.45, 2.75) is 6.92 Å². The van der Waals surface area contributed by atoms with Crippen LogP contribution in [0.2, 0.25) is 0 Å². The summed E-state index contributed by atoms with van der Waals surface area (Å²) in [5.41, 5.74) is 6.66. The van der Waals surface area contributed by atoms with Crippen LogP contribution in [0, 0.1) is 6.92 Å². The number of pyridine rings is 1. The van der Waals surface area contributed by atoms with Gasteiger partial charge in [0.05, 0.1) is 22.2 Å². The molecule has 0 N–H and O–H groups in total. The Morgan fingerprint density at radius 1 is 0.622 bits per heavy atom. The molecule has 0 spiro atoms. The lowest BCUT2D eigenvalue weighted by Gasteiger charge is -2.13. The molecule has 0 radical (unpaired) electrons. The maximum absolute atomic E-state index is 5.20. The second kappa shape index (κ2) is 7.73. The minimum Gasteiger partial charge on any atom is -0.292 e. The van der Waals surface area contributed by atoms with Gasteiger partial charge in [-0.3, -0.25) is 4.57 Å². The van der Waals surface area contributed by atoms with Gasteiger partial charge in [-0.1, -0.05) is 72.8 Å². The van der Waals surface area contributed by atoms with E-state index >= 15 is 0 Å².